The summed E-state index contributed by atoms with van der Waals surface area (Å²) in [7, 11) is -2.54. The number of likely N-dealkylation sites (N-methyl/N-ethyl adjacent to an activating group) is 1. The molecule has 2 aliphatic heterocycles. The summed E-state index contributed by atoms with van der Waals surface area (Å²) in [6.07, 6.45) is -3.72. The number of anilines is 1. The number of alkyl halides is 3. The van der Waals surface area contributed by atoms with Gasteiger partial charge in [-0.3, -0.25) is 14.2 Å². The van der Waals surface area contributed by atoms with E-state index in [9.17, 15) is 41.5 Å². The van der Waals surface area contributed by atoms with Gasteiger partial charge in [-0.05, 0) is 96.6 Å². The molecular formula is C41H45F4N5O4S. The highest BCUT2D eigenvalue weighted by molar-refractivity contribution is 8.12. The molecule has 1 amide bonds. The van der Waals surface area contributed by atoms with Crippen molar-refractivity contribution in [3.05, 3.63) is 119 Å². The number of carbonyl (C=O) groups excluding carboxylic acids is 1. The van der Waals surface area contributed by atoms with Crippen molar-refractivity contribution in [3.63, 3.8) is 0 Å². The molecule has 292 valence electrons. The summed E-state index contributed by atoms with van der Waals surface area (Å²) in [4.78, 5) is 18.9. The zero-order chi connectivity index (χ0) is 39.6. The third-order valence-corrected chi connectivity index (χ3v) is 13.8. The van der Waals surface area contributed by atoms with Gasteiger partial charge in [0.2, 0.25) is 0 Å². The summed E-state index contributed by atoms with van der Waals surface area (Å²) in [5.41, 5.74) is -0.710. The topological polar surface area (TPSA) is 120 Å². The predicted octanol–water partition coefficient (Wildman–Crippen LogP) is 6.65. The average Bonchev–Trinajstić information content (AvgIpc) is 3.15. The second-order valence-electron chi connectivity index (χ2n) is 14.8. The molecule has 2 saturated heterocycles. The maximum atomic E-state index is 14.2. The Morgan fingerprint density at radius 3 is 2.09 bits per heavy atom. The maximum absolute atomic E-state index is 14.2. The number of nitriles is 1. The standard InChI is InChI=1S/C41H45F4N5O4S/c1-48-19-21-49(22-20-48)28-30-6-4-8-32(24-30)31-7-3-5-29(23-31)26-40(52,39(51)47-36-12-9-33(27-46)38(25-36)41(43,44)45)34-15-17-50(18-16-34)55(2,53,54)37-13-10-35(42)11-14-37/h3-14,23-25,34,52H,15-22,26,28H2,1-2H3,(H,47,51)(H,53,54). The van der Waals surface area contributed by atoms with Crippen LogP contribution in [0.4, 0.5) is 23.2 Å². The number of carbonyl (C=O) groups is 1. The normalized spacial score (nSPS) is 18.5. The molecule has 0 radical (unpaired) electrons. The molecule has 2 heterocycles. The number of rotatable bonds is 10. The summed E-state index contributed by atoms with van der Waals surface area (Å²) < 4.78 is 82.0. The maximum Gasteiger partial charge on any atom is 0.417 e. The second-order valence-corrected chi connectivity index (χ2v) is 18.2. The number of hydrogen-bond acceptors (Lipinski definition) is 6. The molecule has 0 bridgehead atoms. The molecule has 14 heteroatoms. The van der Waals surface area contributed by atoms with Gasteiger partial charge in [-0.1, -0.05) is 42.5 Å². The lowest BCUT2D eigenvalue weighted by molar-refractivity contribution is -0.142. The molecule has 2 aliphatic rings. The van der Waals surface area contributed by atoms with Crippen molar-refractivity contribution < 1.29 is 36.2 Å². The van der Waals surface area contributed by atoms with Crippen molar-refractivity contribution in [2.45, 2.75) is 42.5 Å². The van der Waals surface area contributed by atoms with E-state index in [1.165, 1.54) is 34.8 Å². The van der Waals surface area contributed by atoms with Crippen molar-refractivity contribution in [3.8, 4) is 17.2 Å². The first-order chi connectivity index (χ1) is 25.9. The van der Waals surface area contributed by atoms with E-state index < -0.39 is 50.1 Å². The minimum absolute atomic E-state index is 0.00871. The number of benzene rings is 4. The van der Waals surface area contributed by atoms with Gasteiger partial charge in [-0.25, -0.2) is 8.70 Å². The highest BCUT2D eigenvalue weighted by Gasteiger charge is 2.47. The summed E-state index contributed by atoms with van der Waals surface area (Å²) in [5, 5.41) is 24.2. The summed E-state index contributed by atoms with van der Waals surface area (Å²) in [6.45, 7) is 4.71. The number of aliphatic hydroxyl groups is 1. The third kappa shape index (κ3) is 8.99. The van der Waals surface area contributed by atoms with E-state index in [1.54, 1.807) is 6.07 Å². The Balaban J connectivity index is 1.28. The number of halogens is 4. The molecule has 1 unspecified atom stereocenters. The van der Waals surface area contributed by atoms with Gasteiger partial charge in [0.1, 0.15) is 11.4 Å². The lowest BCUT2D eigenvalue weighted by Gasteiger charge is -2.52. The van der Waals surface area contributed by atoms with Crippen LogP contribution in [0.1, 0.15) is 35.1 Å². The Labute approximate surface area is 318 Å². The molecule has 0 saturated carbocycles. The highest BCUT2D eigenvalue weighted by Crippen LogP contribution is 2.41. The van der Waals surface area contributed by atoms with E-state index in [0.717, 1.165) is 67.6 Å². The Bertz CT molecular complexity index is 2140. The Morgan fingerprint density at radius 1 is 0.891 bits per heavy atom. The van der Waals surface area contributed by atoms with Crippen LogP contribution < -0.4 is 5.32 Å². The van der Waals surface area contributed by atoms with Crippen LogP contribution in [0.15, 0.2) is 95.9 Å². The van der Waals surface area contributed by atoms with Crippen molar-refractivity contribution in [2.75, 3.05) is 57.9 Å². The Hall–Kier alpha value is -4.49. The molecule has 0 aliphatic carbocycles. The minimum atomic E-state index is -4.87. The number of piperazine rings is 1. The van der Waals surface area contributed by atoms with Crippen LogP contribution in [-0.2, 0) is 33.5 Å². The van der Waals surface area contributed by atoms with Gasteiger partial charge >= 0.3 is 6.18 Å². The zero-order valence-corrected chi connectivity index (χ0v) is 31.5. The van der Waals surface area contributed by atoms with Crippen molar-refractivity contribution >= 4 is 21.1 Å². The van der Waals surface area contributed by atoms with Crippen molar-refractivity contribution in [1.29, 1.82) is 5.26 Å². The zero-order valence-electron chi connectivity index (χ0n) is 30.7. The molecule has 6 rings (SSSR count). The largest absolute Gasteiger partial charge is 0.417 e. The first kappa shape index (κ1) is 40.2. The van der Waals surface area contributed by atoms with E-state index >= 15 is 0 Å². The molecule has 0 spiro atoms. The van der Waals surface area contributed by atoms with E-state index in [0.29, 0.717) is 11.6 Å². The molecule has 2 fully saturated rings. The number of piperidine rings is 1. The molecule has 0 aromatic heterocycles. The Kier molecular flexibility index (Phi) is 11.4. The fourth-order valence-corrected chi connectivity index (χ4v) is 9.68. The van der Waals surface area contributed by atoms with Gasteiger partial charge in [0, 0.05) is 64.2 Å². The highest BCUT2D eigenvalue weighted by atomic mass is 32.3. The molecule has 3 N–H and O–H groups in total. The Morgan fingerprint density at radius 2 is 1.49 bits per heavy atom. The first-order valence-electron chi connectivity index (χ1n) is 18.1. The number of hydrogen-bond donors (Lipinski definition) is 3. The van der Waals surface area contributed by atoms with E-state index in [2.05, 4.69) is 34.3 Å². The van der Waals surface area contributed by atoms with E-state index in [4.69, 9.17) is 0 Å². The van der Waals surface area contributed by atoms with E-state index in [1.807, 2.05) is 30.3 Å². The monoisotopic (exact) mass is 779 g/mol. The molecule has 4 aromatic rings. The second kappa shape index (κ2) is 15.6. The fourth-order valence-electron chi connectivity index (χ4n) is 7.55. The first-order valence-corrected chi connectivity index (χ1v) is 20.4. The van der Waals surface area contributed by atoms with Crippen LogP contribution in [0.2, 0.25) is 0 Å². The summed E-state index contributed by atoms with van der Waals surface area (Å²) >= 11 is 0. The predicted molar refractivity (Wildman–Crippen MR) is 204 cm³/mol. The molecule has 1 atom stereocenters. The molecule has 9 nitrogen and oxygen atoms in total. The summed E-state index contributed by atoms with van der Waals surface area (Å²) in [5.74, 6) is -2.29. The van der Waals surface area contributed by atoms with E-state index in [-0.39, 0.29) is 42.9 Å². The van der Waals surface area contributed by atoms with Crippen molar-refractivity contribution in [1.82, 2.24) is 14.1 Å². The van der Waals surface area contributed by atoms with Gasteiger partial charge in [0.05, 0.1) is 22.1 Å². The minimum Gasteiger partial charge on any atom is -0.379 e. The van der Waals surface area contributed by atoms with Gasteiger partial charge in [0.25, 0.3) is 5.91 Å². The van der Waals surface area contributed by atoms with Crippen LogP contribution in [0, 0.1) is 23.1 Å². The molecular weight excluding hydrogens is 735 g/mol. The lowest BCUT2D eigenvalue weighted by Crippen LogP contribution is -2.58. The van der Waals surface area contributed by atoms with Gasteiger partial charge in [-0.2, -0.15) is 22.6 Å². The van der Waals surface area contributed by atoms with Crippen LogP contribution in [0.5, 0.6) is 0 Å². The van der Waals surface area contributed by atoms with Crippen LogP contribution in [0.3, 0.4) is 0 Å². The third-order valence-electron chi connectivity index (χ3n) is 10.9. The smallest absolute Gasteiger partial charge is 0.379 e. The lowest BCUT2D eigenvalue weighted by atomic mass is 9.76. The van der Waals surface area contributed by atoms with Crippen LogP contribution >= 0.6 is 0 Å². The molecule has 55 heavy (non-hydrogen) atoms. The average molecular weight is 780 g/mol. The van der Waals surface area contributed by atoms with Crippen LogP contribution in [0.25, 0.3) is 11.1 Å². The fraction of sp³-hybridized carbons (Fsp3) is 0.366. The summed E-state index contributed by atoms with van der Waals surface area (Å²) in [6, 6.07) is 24.6. The SMILES string of the molecule is CN1CCN(Cc2cccc(-c3cccc(CC(O)(C(=O)Nc4ccc(C#N)c(C(F)(F)F)c4)C4CCN(S(C)(=O)(O)c5ccc(F)cc5)CC4)c3)c2)CC1. The van der Waals surface area contributed by atoms with Crippen molar-refractivity contribution in [2.24, 2.45) is 5.92 Å². The quantitative estimate of drug-likeness (QED) is 0.154. The number of nitrogens with one attached hydrogen (secondary N) is 1. The number of amides is 1. The molecule has 4 aromatic carbocycles. The van der Waals surface area contributed by atoms with Gasteiger partial charge in [-0.15, -0.1) is 9.53 Å². The van der Waals surface area contributed by atoms with Crippen LogP contribution in [-0.4, -0.2) is 92.1 Å². The number of nitrogens with zero attached hydrogens (tertiary/aromatic N) is 4. The van der Waals surface area contributed by atoms with Gasteiger partial charge < -0.3 is 15.3 Å². The van der Waals surface area contributed by atoms with Gasteiger partial charge in [0.15, 0.2) is 0 Å².